The summed E-state index contributed by atoms with van der Waals surface area (Å²) in [5, 5.41) is 0. The van der Waals surface area contributed by atoms with E-state index in [9.17, 15) is 0 Å². The van der Waals surface area contributed by atoms with Crippen molar-refractivity contribution in [1.82, 2.24) is 0 Å². The molecule has 0 unspecified atom stereocenters. The Morgan fingerprint density at radius 2 is 1.59 bits per heavy atom. The summed E-state index contributed by atoms with van der Waals surface area (Å²) in [6.45, 7) is 2.11. The summed E-state index contributed by atoms with van der Waals surface area (Å²) in [4.78, 5) is 2.40. The zero-order chi connectivity index (χ0) is 12.3. The highest BCUT2D eigenvalue weighted by atomic mass is 32.2. The number of nitrogens with two attached hydrogens (primary N) is 2. The van der Waals surface area contributed by atoms with Crippen LogP contribution < -0.4 is 11.5 Å². The summed E-state index contributed by atoms with van der Waals surface area (Å²) in [5.74, 6) is 0. The van der Waals surface area contributed by atoms with Gasteiger partial charge in [-0.25, -0.2) is 0 Å². The summed E-state index contributed by atoms with van der Waals surface area (Å²) < 4.78 is 0. The molecule has 0 aromatic heterocycles. The first-order valence-corrected chi connectivity index (χ1v) is 6.42. The zero-order valence-electron chi connectivity index (χ0n) is 9.81. The second kappa shape index (κ2) is 5.15. The molecule has 0 bridgehead atoms. The third-order valence-corrected chi connectivity index (χ3v) is 3.61. The van der Waals surface area contributed by atoms with Crippen LogP contribution in [0.4, 0.5) is 11.4 Å². The SMILES string of the molecule is CCc1cc(Sc2ccc(N)cc2)ccc1N. The maximum Gasteiger partial charge on any atom is 0.0347 e. The van der Waals surface area contributed by atoms with Gasteiger partial charge in [-0.15, -0.1) is 0 Å². The van der Waals surface area contributed by atoms with Crippen LogP contribution in [0.15, 0.2) is 52.3 Å². The Hall–Kier alpha value is -1.61. The van der Waals surface area contributed by atoms with Gasteiger partial charge in [0.25, 0.3) is 0 Å². The Kier molecular flexibility index (Phi) is 3.59. The summed E-state index contributed by atoms with van der Waals surface area (Å²) in [6.07, 6.45) is 0.960. The number of aryl methyl sites for hydroxylation is 1. The molecular weight excluding hydrogens is 228 g/mol. The quantitative estimate of drug-likeness (QED) is 0.812. The van der Waals surface area contributed by atoms with E-state index in [1.807, 2.05) is 30.3 Å². The number of hydrogen-bond donors (Lipinski definition) is 2. The van der Waals surface area contributed by atoms with Crippen molar-refractivity contribution in [2.75, 3.05) is 11.5 Å². The van der Waals surface area contributed by atoms with E-state index in [-0.39, 0.29) is 0 Å². The van der Waals surface area contributed by atoms with Crippen LogP contribution in [0.2, 0.25) is 0 Å². The largest absolute Gasteiger partial charge is 0.399 e. The predicted molar refractivity (Wildman–Crippen MR) is 75.2 cm³/mol. The second-order valence-corrected chi connectivity index (χ2v) is 5.03. The van der Waals surface area contributed by atoms with E-state index in [0.29, 0.717) is 0 Å². The minimum atomic E-state index is 0.793. The fourth-order valence-corrected chi connectivity index (χ4v) is 2.51. The van der Waals surface area contributed by atoms with Gasteiger partial charge in [0, 0.05) is 21.2 Å². The lowest BCUT2D eigenvalue weighted by Crippen LogP contribution is -1.92. The average molecular weight is 244 g/mol. The van der Waals surface area contributed by atoms with Gasteiger partial charge in [0.05, 0.1) is 0 Å². The molecule has 0 spiro atoms. The molecule has 0 amide bonds. The molecular formula is C14H16N2S. The van der Waals surface area contributed by atoms with Crippen molar-refractivity contribution in [3.05, 3.63) is 48.0 Å². The molecule has 0 aliphatic heterocycles. The van der Waals surface area contributed by atoms with Gasteiger partial charge in [0.1, 0.15) is 0 Å². The van der Waals surface area contributed by atoms with Gasteiger partial charge < -0.3 is 11.5 Å². The Labute approximate surface area is 106 Å². The molecule has 0 saturated carbocycles. The molecule has 0 radical (unpaired) electrons. The lowest BCUT2D eigenvalue weighted by atomic mass is 10.1. The smallest absolute Gasteiger partial charge is 0.0347 e. The van der Waals surface area contributed by atoms with Crippen molar-refractivity contribution >= 4 is 23.1 Å². The van der Waals surface area contributed by atoms with Gasteiger partial charge in [-0.3, -0.25) is 0 Å². The fraction of sp³-hybridized carbons (Fsp3) is 0.143. The van der Waals surface area contributed by atoms with Crippen molar-refractivity contribution < 1.29 is 0 Å². The maximum absolute atomic E-state index is 5.89. The number of nitrogen functional groups attached to an aromatic ring is 2. The van der Waals surface area contributed by atoms with Crippen LogP contribution >= 0.6 is 11.8 Å². The number of benzene rings is 2. The Balaban J connectivity index is 2.21. The molecule has 17 heavy (non-hydrogen) atoms. The molecule has 2 aromatic carbocycles. The van der Waals surface area contributed by atoms with Gasteiger partial charge >= 0.3 is 0 Å². The lowest BCUT2D eigenvalue weighted by molar-refractivity contribution is 1.13. The standard InChI is InChI=1S/C14H16N2S/c1-2-10-9-13(7-8-14(10)16)17-12-5-3-11(15)4-6-12/h3-9H,2,15-16H2,1H3. The Morgan fingerprint density at radius 1 is 0.941 bits per heavy atom. The summed E-state index contributed by atoms with van der Waals surface area (Å²) >= 11 is 1.72. The fourth-order valence-electron chi connectivity index (χ4n) is 1.62. The van der Waals surface area contributed by atoms with Gasteiger partial charge in [-0.2, -0.15) is 0 Å². The van der Waals surface area contributed by atoms with Crippen LogP contribution in [0.25, 0.3) is 0 Å². The van der Waals surface area contributed by atoms with Crippen molar-refractivity contribution in [3.8, 4) is 0 Å². The molecule has 2 rings (SSSR count). The van der Waals surface area contributed by atoms with E-state index < -0.39 is 0 Å². The van der Waals surface area contributed by atoms with E-state index >= 15 is 0 Å². The van der Waals surface area contributed by atoms with Gasteiger partial charge in [0.15, 0.2) is 0 Å². The molecule has 2 nitrogen and oxygen atoms in total. The topological polar surface area (TPSA) is 52.0 Å². The van der Waals surface area contributed by atoms with Crippen molar-refractivity contribution in [3.63, 3.8) is 0 Å². The molecule has 0 heterocycles. The zero-order valence-corrected chi connectivity index (χ0v) is 10.6. The van der Waals surface area contributed by atoms with Gasteiger partial charge in [0.2, 0.25) is 0 Å². The van der Waals surface area contributed by atoms with Crippen LogP contribution in [0.5, 0.6) is 0 Å². The van der Waals surface area contributed by atoms with Crippen LogP contribution in [0, 0.1) is 0 Å². The predicted octanol–water partition coefficient (Wildman–Crippen LogP) is 3.56. The molecule has 2 aromatic rings. The van der Waals surface area contributed by atoms with Crippen molar-refractivity contribution in [1.29, 1.82) is 0 Å². The molecule has 4 N–H and O–H groups in total. The molecule has 88 valence electrons. The second-order valence-electron chi connectivity index (χ2n) is 3.89. The Bertz CT molecular complexity index is 506. The normalized spacial score (nSPS) is 10.4. The summed E-state index contributed by atoms with van der Waals surface area (Å²) in [7, 11) is 0. The first-order valence-electron chi connectivity index (χ1n) is 5.61. The van der Waals surface area contributed by atoms with Crippen molar-refractivity contribution in [2.45, 2.75) is 23.1 Å². The molecule has 0 atom stereocenters. The van der Waals surface area contributed by atoms with Crippen molar-refractivity contribution in [2.24, 2.45) is 0 Å². The highest BCUT2D eigenvalue weighted by Gasteiger charge is 2.01. The minimum Gasteiger partial charge on any atom is -0.399 e. The van der Waals surface area contributed by atoms with E-state index in [4.69, 9.17) is 11.5 Å². The van der Waals surface area contributed by atoms with Crippen LogP contribution in [0.3, 0.4) is 0 Å². The van der Waals surface area contributed by atoms with Crippen LogP contribution in [0.1, 0.15) is 12.5 Å². The lowest BCUT2D eigenvalue weighted by Gasteiger charge is -2.07. The monoisotopic (exact) mass is 244 g/mol. The highest BCUT2D eigenvalue weighted by Crippen LogP contribution is 2.30. The third-order valence-electron chi connectivity index (χ3n) is 2.61. The molecule has 0 saturated heterocycles. The first kappa shape index (κ1) is 11.9. The average Bonchev–Trinajstić information content (AvgIpc) is 2.34. The van der Waals surface area contributed by atoms with E-state index in [2.05, 4.69) is 19.1 Å². The van der Waals surface area contributed by atoms with Gasteiger partial charge in [-0.05, 0) is 54.4 Å². The number of hydrogen-bond acceptors (Lipinski definition) is 3. The van der Waals surface area contributed by atoms with Crippen LogP contribution in [-0.2, 0) is 6.42 Å². The Morgan fingerprint density at radius 3 is 2.24 bits per heavy atom. The van der Waals surface area contributed by atoms with E-state index in [1.54, 1.807) is 11.8 Å². The summed E-state index contributed by atoms with van der Waals surface area (Å²) in [6, 6.07) is 14.1. The summed E-state index contributed by atoms with van der Waals surface area (Å²) in [5.41, 5.74) is 14.4. The molecule has 0 aliphatic rings. The highest BCUT2D eigenvalue weighted by molar-refractivity contribution is 7.99. The third kappa shape index (κ3) is 2.94. The van der Waals surface area contributed by atoms with E-state index in [1.165, 1.54) is 15.4 Å². The first-order chi connectivity index (χ1) is 8.19. The molecule has 0 aliphatic carbocycles. The van der Waals surface area contributed by atoms with Gasteiger partial charge in [-0.1, -0.05) is 18.7 Å². The van der Waals surface area contributed by atoms with Crippen LogP contribution in [-0.4, -0.2) is 0 Å². The molecule has 3 heteroatoms. The molecule has 0 fully saturated rings. The van der Waals surface area contributed by atoms with E-state index in [0.717, 1.165) is 17.8 Å². The number of anilines is 2. The minimum absolute atomic E-state index is 0.793. The maximum atomic E-state index is 5.89. The number of rotatable bonds is 3.